The van der Waals surface area contributed by atoms with Crippen LogP contribution in [0.2, 0.25) is 0 Å². The van der Waals surface area contributed by atoms with Crippen LogP contribution >= 0.6 is 0 Å². The van der Waals surface area contributed by atoms with Gasteiger partial charge in [0.25, 0.3) is 0 Å². The minimum absolute atomic E-state index is 0.0426. The molecule has 1 N–H and O–H groups in total. The molecule has 0 saturated carbocycles. The number of halogens is 2. The Labute approximate surface area is 204 Å². The number of nitrogens with one attached hydrogen (secondary N) is 1. The standard InChI is InChI=1S/C28H29F2N3O2/c1-3-23(20-8-5-4-6-9-20)27(34)31-25-16-19(2)10-13-26(25)33-15-7-14-32(28(33)35)18-21-11-12-22(29)17-24(21)30/h4-6,8-13,16-17,23H,3,7,14-15,18H2,1-2H3,(H,31,34). The molecule has 1 aliphatic heterocycles. The molecule has 7 heteroatoms. The maximum atomic E-state index is 14.2. The summed E-state index contributed by atoms with van der Waals surface area (Å²) in [7, 11) is 0. The zero-order chi connectivity index (χ0) is 24.9. The van der Waals surface area contributed by atoms with E-state index >= 15 is 0 Å². The van der Waals surface area contributed by atoms with Crippen molar-refractivity contribution in [3.63, 3.8) is 0 Å². The average molecular weight is 478 g/mol. The molecule has 0 radical (unpaired) electrons. The van der Waals surface area contributed by atoms with Crippen LogP contribution in [0.4, 0.5) is 25.0 Å². The van der Waals surface area contributed by atoms with E-state index in [1.165, 1.54) is 12.1 Å². The number of carbonyl (C=O) groups is 2. The van der Waals surface area contributed by atoms with Crippen molar-refractivity contribution in [1.82, 2.24) is 4.90 Å². The summed E-state index contributed by atoms with van der Waals surface area (Å²) in [6.07, 6.45) is 1.31. The van der Waals surface area contributed by atoms with Gasteiger partial charge in [-0.2, -0.15) is 0 Å². The first-order valence-corrected chi connectivity index (χ1v) is 11.8. The van der Waals surface area contributed by atoms with Crippen molar-refractivity contribution < 1.29 is 18.4 Å². The van der Waals surface area contributed by atoms with Gasteiger partial charge in [-0.25, -0.2) is 13.6 Å². The predicted molar refractivity (Wildman–Crippen MR) is 133 cm³/mol. The zero-order valence-electron chi connectivity index (χ0n) is 19.9. The molecule has 1 heterocycles. The van der Waals surface area contributed by atoms with Gasteiger partial charge >= 0.3 is 6.03 Å². The molecule has 0 aromatic heterocycles. The van der Waals surface area contributed by atoms with Gasteiger partial charge in [-0.05, 0) is 49.1 Å². The lowest BCUT2D eigenvalue weighted by molar-refractivity contribution is -0.117. The molecule has 1 atom stereocenters. The first-order chi connectivity index (χ1) is 16.9. The maximum Gasteiger partial charge on any atom is 0.324 e. The fourth-order valence-corrected chi connectivity index (χ4v) is 4.47. The largest absolute Gasteiger partial charge is 0.324 e. The SMILES string of the molecule is CCC(C(=O)Nc1cc(C)ccc1N1CCCN(Cc2ccc(F)cc2F)C1=O)c1ccccc1. The van der Waals surface area contributed by atoms with Gasteiger partial charge in [0.15, 0.2) is 0 Å². The van der Waals surface area contributed by atoms with Gasteiger partial charge in [0.1, 0.15) is 11.6 Å². The van der Waals surface area contributed by atoms with Gasteiger partial charge in [0, 0.05) is 24.7 Å². The molecule has 1 aliphatic rings. The van der Waals surface area contributed by atoms with Gasteiger partial charge < -0.3 is 10.2 Å². The van der Waals surface area contributed by atoms with Crippen LogP contribution in [0.5, 0.6) is 0 Å². The second-order valence-electron chi connectivity index (χ2n) is 8.83. The molecule has 1 fully saturated rings. The van der Waals surface area contributed by atoms with Gasteiger partial charge in [-0.1, -0.05) is 49.4 Å². The van der Waals surface area contributed by atoms with Crippen LogP contribution in [0.25, 0.3) is 0 Å². The van der Waals surface area contributed by atoms with E-state index < -0.39 is 11.6 Å². The highest BCUT2D eigenvalue weighted by Crippen LogP contribution is 2.32. The third-order valence-corrected chi connectivity index (χ3v) is 6.31. The quantitative estimate of drug-likeness (QED) is 0.438. The van der Waals surface area contributed by atoms with E-state index in [-0.39, 0.29) is 30.0 Å². The second-order valence-corrected chi connectivity index (χ2v) is 8.83. The minimum atomic E-state index is -0.676. The summed E-state index contributed by atoms with van der Waals surface area (Å²) >= 11 is 0. The number of carbonyl (C=O) groups excluding carboxylic acids is 2. The van der Waals surface area contributed by atoms with Crippen molar-refractivity contribution in [1.29, 1.82) is 0 Å². The fourth-order valence-electron chi connectivity index (χ4n) is 4.47. The lowest BCUT2D eigenvalue weighted by atomic mass is 9.95. The molecule has 0 spiro atoms. The molecule has 1 unspecified atom stereocenters. The number of aryl methyl sites for hydroxylation is 1. The third kappa shape index (κ3) is 5.50. The number of urea groups is 1. The molecule has 5 nitrogen and oxygen atoms in total. The number of amides is 3. The van der Waals surface area contributed by atoms with Crippen LogP contribution in [0, 0.1) is 18.6 Å². The molecule has 0 bridgehead atoms. The van der Waals surface area contributed by atoms with Crippen molar-refractivity contribution >= 4 is 23.3 Å². The van der Waals surface area contributed by atoms with Gasteiger partial charge in [0.2, 0.25) is 5.91 Å². The Bertz CT molecular complexity index is 1220. The molecule has 182 valence electrons. The Morgan fingerprint density at radius 1 is 1.03 bits per heavy atom. The molecule has 3 amide bonds. The predicted octanol–water partition coefficient (Wildman–Crippen LogP) is 6.24. The molecular formula is C28H29F2N3O2. The molecule has 1 saturated heterocycles. The van der Waals surface area contributed by atoms with Crippen LogP contribution in [-0.4, -0.2) is 29.9 Å². The van der Waals surface area contributed by atoms with E-state index in [0.717, 1.165) is 17.2 Å². The van der Waals surface area contributed by atoms with Crippen molar-refractivity contribution in [2.24, 2.45) is 0 Å². The van der Waals surface area contributed by atoms with Gasteiger partial charge in [0.05, 0.1) is 23.8 Å². The number of hydrogen-bond donors (Lipinski definition) is 1. The zero-order valence-corrected chi connectivity index (χ0v) is 19.9. The lowest BCUT2D eigenvalue weighted by Gasteiger charge is -2.36. The lowest BCUT2D eigenvalue weighted by Crippen LogP contribution is -2.49. The van der Waals surface area contributed by atoms with E-state index in [9.17, 15) is 18.4 Å². The Morgan fingerprint density at radius 3 is 2.51 bits per heavy atom. The summed E-state index contributed by atoms with van der Waals surface area (Å²) in [5, 5.41) is 3.05. The fraction of sp³-hybridized carbons (Fsp3) is 0.286. The monoisotopic (exact) mass is 477 g/mol. The van der Waals surface area contributed by atoms with E-state index in [1.54, 1.807) is 9.80 Å². The van der Waals surface area contributed by atoms with Crippen molar-refractivity contribution in [2.45, 2.75) is 39.2 Å². The summed E-state index contributed by atoms with van der Waals surface area (Å²) in [6, 6.07) is 18.3. The van der Waals surface area contributed by atoms with Gasteiger partial charge in [-0.3, -0.25) is 9.69 Å². The number of nitrogens with zero attached hydrogens (tertiary/aromatic N) is 2. The smallest absolute Gasteiger partial charge is 0.324 e. The van der Waals surface area contributed by atoms with Crippen molar-refractivity contribution in [3.8, 4) is 0 Å². The van der Waals surface area contributed by atoms with Gasteiger partial charge in [-0.15, -0.1) is 0 Å². The van der Waals surface area contributed by atoms with Crippen molar-refractivity contribution in [2.75, 3.05) is 23.3 Å². The number of rotatable bonds is 7. The first-order valence-electron chi connectivity index (χ1n) is 11.8. The molecule has 4 rings (SSSR count). The molecule has 0 aliphatic carbocycles. The first kappa shape index (κ1) is 24.4. The summed E-state index contributed by atoms with van der Waals surface area (Å²) in [5.74, 6) is -1.79. The normalized spacial score (nSPS) is 14.7. The highest BCUT2D eigenvalue weighted by atomic mass is 19.1. The second kappa shape index (κ2) is 10.7. The van der Waals surface area contributed by atoms with Crippen LogP contribution < -0.4 is 10.2 Å². The van der Waals surface area contributed by atoms with Crippen LogP contribution in [-0.2, 0) is 11.3 Å². The topological polar surface area (TPSA) is 52.7 Å². The van der Waals surface area contributed by atoms with E-state index in [0.29, 0.717) is 37.3 Å². The number of anilines is 2. The van der Waals surface area contributed by atoms with E-state index in [4.69, 9.17) is 0 Å². The summed E-state index contributed by atoms with van der Waals surface area (Å²) in [4.78, 5) is 29.8. The Balaban J connectivity index is 1.57. The highest BCUT2D eigenvalue weighted by molar-refractivity contribution is 6.02. The molecule has 3 aromatic carbocycles. The van der Waals surface area contributed by atoms with E-state index in [2.05, 4.69) is 5.32 Å². The Hall–Kier alpha value is -3.74. The Morgan fingerprint density at radius 2 is 1.80 bits per heavy atom. The third-order valence-electron chi connectivity index (χ3n) is 6.31. The summed E-state index contributed by atoms with van der Waals surface area (Å²) in [5.41, 5.74) is 3.30. The van der Waals surface area contributed by atoms with Crippen LogP contribution in [0.3, 0.4) is 0 Å². The minimum Gasteiger partial charge on any atom is -0.324 e. The summed E-state index contributed by atoms with van der Waals surface area (Å²) in [6.45, 7) is 4.88. The molecule has 3 aromatic rings. The van der Waals surface area contributed by atoms with Crippen LogP contribution in [0.1, 0.15) is 42.4 Å². The number of benzene rings is 3. The average Bonchev–Trinajstić information content (AvgIpc) is 2.84. The number of hydrogen-bond acceptors (Lipinski definition) is 2. The maximum absolute atomic E-state index is 14.2. The summed E-state index contributed by atoms with van der Waals surface area (Å²) < 4.78 is 27.5. The van der Waals surface area contributed by atoms with E-state index in [1.807, 2.05) is 62.4 Å². The highest BCUT2D eigenvalue weighted by Gasteiger charge is 2.30. The Kier molecular flexibility index (Phi) is 7.44. The van der Waals surface area contributed by atoms with Crippen LogP contribution in [0.15, 0.2) is 66.7 Å². The molecular weight excluding hydrogens is 448 g/mol. The molecule has 35 heavy (non-hydrogen) atoms. The van der Waals surface area contributed by atoms with Crippen molar-refractivity contribution in [3.05, 3.63) is 95.1 Å².